The van der Waals surface area contributed by atoms with E-state index in [1.165, 1.54) is 30.2 Å². The van der Waals surface area contributed by atoms with Crippen molar-refractivity contribution in [3.05, 3.63) is 59.5 Å². The summed E-state index contributed by atoms with van der Waals surface area (Å²) >= 11 is 0. The number of carbonyl (C=O) groups is 2. The zero-order valence-corrected chi connectivity index (χ0v) is 16.3. The number of piperazine rings is 1. The molecular formula is C22H27N3O3. The van der Waals surface area contributed by atoms with E-state index in [1.54, 1.807) is 17.0 Å². The molecule has 28 heavy (non-hydrogen) atoms. The molecule has 148 valence electrons. The number of hydrogen-bond acceptors (Lipinski definition) is 4. The van der Waals surface area contributed by atoms with Crippen LogP contribution in [-0.2, 0) is 4.79 Å². The molecule has 2 aromatic rings. The lowest BCUT2D eigenvalue weighted by molar-refractivity contribution is -0.123. The largest absolute Gasteiger partial charge is 0.459 e. The minimum absolute atomic E-state index is 0.0586. The normalized spacial score (nSPS) is 18.7. The maximum Gasteiger partial charge on any atom is 0.289 e. The molecule has 1 aliphatic heterocycles. The Hall–Kier alpha value is -2.60. The van der Waals surface area contributed by atoms with Crippen LogP contribution in [0.15, 0.2) is 47.1 Å². The quantitative estimate of drug-likeness (QED) is 0.835. The molecule has 2 fully saturated rings. The van der Waals surface area contributed by atoms with Crippen molar-refractivity contribution >= 4 is 11.8 Å². The van der Waals surface area contributed by atoms with Gasteiger partial charge in [0.1, 0.15) is 0 Å². The molecule has 1 N–H and O–H groups in total. The van der Waals surface area contributed by atoms with Gasteiger partial charge in [0, 0.05) is 26.2 Å². The number of hydrogen-bond donors (Lipinski definition) is 1. The van der Waals surface area contributed by atoms with Crippen molar-refractivity contribution in [2.75, 3.05) is 32.7 Å². The second kappa shape index (κ2) is 8.19. The van der Waals surface area contributed by atoms with Gasteiger partial charge in [-0.05, 0) is 43.4 Å². The maximum absolute atomic E-state index is 12.6. The molecule has 1 aliphatic carbocycles. The highest BCUT2D eigenvalue weighted by Crippen LogP contribution is 2.41. The molecule has 0 radical (unpaired) electrons. The third-order valence-electron chi connectivity index (χ3n) is 5.61. The van der Waals surface area contributed by atoms with Gasteiger partial charge >= 0.3 is 0 Å². The number of aryl methyl sites for hydroxylation is 1. The number of furan rings is 1. The van der Waals surface area contributed by atoms with Gasteiger partial charge in [0.25, 0.3) is 5.91 Å². The van der Waals surface area contributed by atoms with E-state index in [1.807, 2.05) is 0 Å². The van der Waals surface area contributed by atoms with Crippen molar-refractivity contribution in [3.8, 4) is 0 Å². The summed E-state index contributed by atoms with van der Waals surface area (Å²) in [6, 6.07) is 12.0. The van der Waals surface area contributed by atoms with Crippen molar-refractivity contribution in [1.82, 2.24) is 15.1 Å². The monoisotopic (exact) mass is 381 g/mol. The van der Waals surface area contributed by atoms with E-state index in [9.17, 15) is 9.59 Å². The number of nitrogens with one attached hydrogen (secondary N) is 1. The lowest BCUT2D eigenvalue weighted by Crippen LogP contribution is -2.51. The van der Waals surface area contributed by atoms with E-state index in [4.69, 9.17) is 4.42 Å². The van der Waals surface area contributed by atoms with E-state index < -0.39 is 0 Å². The van der Waals surface area contributed by atoms with E-state index >= 15 is 0 Å². The maximum atomic E-state index is 12.6. The summed E-state index contributed by atoms with van der Waals surface area (Å²) in [5.74, 6) is 0.900. The molecule has 1 saturated heterocycles. The first-order valence-electron chi connectivity index (χ1n) is 10.0. The van der Waals surface area contributed by atoms with Crippen LogP contribution < -0.4 is 5.32 Å². The van der Waals surface area contributed by atoms with Crippen molar-refractivity contribution < 1.29 is 14.0 Å². The molecule has 1 aromatic heterocycles. The molecule has 1 aromatic carbocycles. The Morgan fingerprint density at radius 3 is 2.43 bits per heavy atom. The van der Waals surface area contributed by atoms with Gasteiger partial charge in [-0.3, -0.25) is 14.5 Å². The first-order valence-corrected chi connectivity index (χ1v) is 10.0. The average molecular weight is 381 g/mol. The summed E-state index contributed by atoms with van der Waals surface area (Å²) in [5, 5.41) is 3.24. The lowest BCUT2D eigenvalue weighted by Gasteiger charge is -2.34. The molecule has 1 unspecified atom stereocenters. The first-order chi connectivity index (χ1) is 13.6. The van der Waals surface area contributed by atoms with Crippen LogP contribution in [0.2, 0.25) is 0 Å². The van der Waals surface area contributed by atoms with E-state index in [0.717, 1.165) is 0 Å². The highest BCUT2D eigenvalue weighted by atomic mass is 16.3. The molecule has 0 bridgehead atoms. The Morgan fingerprint density at radius 1 is 1.11 bits per heavy atom. The fourth-order valence-corrected chi connectivity index (χ4v) is 3.76. The van der Waals surface area contributed by atoms with Crippen LogP contribution in [0.3, 0.4) is 0 Å². The average Bonchev–Trinajstić information content (AvgIpc) is 3.40. The van der Waals surface area contributed by atoms with Crippen molar-refractivity contribution in [1.29, 1.82) is 0 Å². The first kappa shape index (κ1) is 18.7. The zero-order valence-electron chi connectivity index (χ0n) is 16.3. The number of nitrogens with zero attached hydrogens (tertiary/aromatic N) is 2. The molecule has 1 atom stereocenters. The minimum atomic E-state index is -0.0812. The van der Waals surface area contributed by atoms with Gasteiger partial charge in [0.15, 0.2) is 5.76 Å². The predicted molar refractivity (Wildman–Crippen MR) is 106 cm³/mol. The molecule has 2 heterocycles. The van der Waals surface area contributed by atoms with Gasteiger partial charge in [-0.2, -0.15) is 0 Å². The Labute approximate surface area is 165 Å². The van der Waals surface area contributed by atoms with Gasteiger partial charge in [0.2, 0.25) is 5.91 Å². The predicted octanol–water partition coefficient (Wildman–Crippen LogP) is 2.61. The number of carbonyl (C=O) groups excluding carboxylic acids is 2. The van der Waals surface area contributed by atoms with E-state index in [2.05, 4.69) is 41.4 Å². The van der Waals surface area contributed by atoms with Crippen LogP contribution in [-0.4, -0.2) is 54.3 Å². The standard InChI is InChI=1S/C22H27N3O3/c1-16-4-6-17(7-5-16)21(18-8-9-18)23-20(26)15-24-10-12-25(13-11-24)22(27)19-3-2-14-28-19/h2-7,14,18,21H,8-13,15H2,1H3,(H,23,26). The van der Waals surface area contributed by atoms with E-state index in [0.29, 0.717) is 44.4 Å². The Morgan fingerprint density at radius 2 is 1.82 bits per heavy atom. The molecule has 2 aliphatic rings. The third kappa shape index (κ3) is 4.44. The van der Waals surface area contributed by atoms with Crippen LogP contribution in [0.25, 0.3) is 0 Å². The topological polar surface area (TPSA) is 65.8 Å². The summed E-state index contributed by atoms with van der Waals surface area (Å²) in [6.45, 7) is 5.05. The van der Waals surface area contributed by atoms with Crippen LogP contribution in [0, 0.1) is 12.8 Å². The molecule has 6 heteroatoms. The van der Waals surface area contributed by atoms with Gasteiger partial charge in [-0.1, -0.05) is 29.8 Å². The smallest absolute Gasteiger partial charge is 0.289 e. The molecular weight excluding hydrogens is 354 g/mol. The van der Waals surface area contributed by atoms with Crippen LogP contribution in [0.1, 0.15) is 40.6 Å². The molecule has 6 nitrogen and oxygen atoms in total. The van der Waals surface area contributed by atoms with Crippen LogP contribution >= 0.6 is 0 Å². The Balaban J connectivity index is 1.28. The van der Waals surface area contributed by atoms with Crippen LogP contribution in [0.5, 0.6) is 0 Å². The van der Waals surface area contributed by atoms with Gasteiger partial charge in [-0.15, -0.1) is 0 Å². The van der Waals surface area contributed by atoms with Gasteiger partial charge < -0.3 is 14.6 Å². The Kier molecular flexibility index (Phi) is 5.48. The lowest BCUT2D eigenvalue weighted by atomic mass is 10.0. The second-order valence-corrected chi connectivity index (χ2v) is 7.84. The second-order valence-electron chi connectivity index (χ2n) is 7.84. The van der Waals surface area contributed by atoms with Crippen molar-refractivity contribution in [2.24, 2.45) is 5.92 Å². The molecule has 1 saturated carbocycles. The molecule has 2 amide bonds. The van der Waals surface area contributed by atoms with Crippen molar-refractivity contribution in [3.63, 3.8) is 0 Å². The zero-order chi connectivity index (χ0) is 19.5. The SMILES string of the molecule is Cc1ccc(C(NC(=O)CN2CCN(C(=O)c3ccco3)CC2)C2CC2)cc1. The Bertz CT molecular complexity index is 804. The summed E-state index contributed by atoms with van der Waals surface area (Å²) in [5.41, 5.74) is 2.42. The third-order valence-corrected chi connectivity index (χ3v) is 5.61. The van der Waals surface area contributed by atoms with Crippen molar-refractivity contribution in [2.45, 2.75) is 25.8 Å². The number of amides is 2. The molecule has 4 rings (SSSR count). The molecule has 0 spiro atoms. The number of benzene rings is 1. The van der Waals surface area contributed by atoms with Gasteiger partial charge in [0.05, 0.1) is 18.8 Å². The fourth-order valence-electron chi connectivity index (χ4n) is 3.76. The minimum Gasteiger partial charge on any atom is -0.459 e. The summed E-state index contributed by atoms with van der Waals surface area (Å²) in [4.78, 5) is 28.9. The van der Waals surface area contributed by atoms with E-state index in [-0.39, 0.29) is 17.9 Å². The number of rotatable bonds is 6. The summed E-state index contributed by atoms with van der Waals surface area (Å²) < 4.78 is 5.19. The van der Waals surface area contributed by atoms with Crippen LogP contribution in [0.4, 0.5) is 0 Å². The summed E-state index contributed by atoms with van der Waals surface area (Å²) in [6.07, 6.45) is 3.86. The highest BCUT2D eigenvalue weighted by Gasteiger charge is 2.34. The highest BCUT2D eigenvalue weighted by molar-refractivity contribution is 5.91. The fraction of sp³-hybridized carbons (Fsp3) is 0.455. The summed E-state index contributed by atoms with van der Waals surface area (Å²) in [7, 11) is 0. The van der Waals surface area contributed by atoms with Gasteiger partial charge in [-0.25, -0.2) is 0 Å².